The Bertz CT molecular complexity index is 1610. The molecule has 5 aliphatic rings. The highest BCUT2D eigenvalue weighted by atomic mass is 35.5. The first-order chi connectivity index (χ1) is 22.2. The number of anilines is 1. The van der Waals surface area contributed by atoms with E-state index in [4.69, 9.17) is 21.1 Å². The third-order valence-corrected chi connectivity index (χ3v) is 13.5. The van der Waals surface area contributed by atoms with Gasteiger partial charge in [0.2, 0.25) is 10.0 Å². The second-order valence-corrected chi connectivity index (χ2v) is 16.6. The predicted molar refractivity (Wildman–Crippen MR) is 179 cm³/mol. The molecule has 2 saturated carbocycles. The van der Waals surface area contributed by atoms with Crippen molar-refractivity contribution in [1.29, 1.82) is 0 Å². The minimum absolute atomic E-state index is 0.0900. The Morgan fingerprint density at radius 2 is 1.98 bits per heavy atom. The Hall–Kier alpha value is -2.59. The number of benzene rings is 2. The fraction of sp³-hybridized carbons (Fsp3) is 0.583. The van der Waals surface area contributed by atoms with E-state index in [0.717, 1.165) is 62.1 Å². The van der Waals surface area contributed by atoms with Gasteiger partial charge in [0, 0.05) is 36.2 Å². The van der Waals surface area contributed by atoms with Gasteiger partial charge in [0.05, 0.1) is 24.5 Å². The number of hydrogen-bond acceptors (Lipinski definition) is 7. The summed E-state index contributed by atoms with van der Waals surface area (Å²) in [6.45, 7) is 1.88. The number of carbonyl (C=O) groups excluding carboxylic acids is 1. The van der Waals surface area contributed by atoms with Crippen LogP contribution in [0.15, 0.2) is 48.6 Å². The molecule has 2 fully saturated rings. The zero-order valence-electron chi connectivity index (χ0n) is 26.5. The number of carbonyl (C=O) groups is 1. The van der Waals surface area contributed by atoms with E-state index in [1.807, 2.05) is 18.2 Å². The summed E-state index contributed by atoms with van der Waals surface area (Å²) in [4.78, 5) is 16.0. The molecule has 2 N–H and O–H groups in total. The van der Waals surface area contributed by atoms with Crippen LogP contribution in [0, 0.1) is 17.8 Å². The summed E-state index contributed by atoms with van der Waals surface area (Å²) in [5.41, 5.74) is 3.29. The highest BCUT2D eigenvalue weighted by molar-refractivity contribution is 7.90. The highest BCUT2D eigenvalue weighted by Crippen LogP contribution is 2.47. The van der Waals surface area contributed by atoms with Gasteiger partial charge in [-0.15, -0.1) is 0 Å². The molecule has 0 aromatic heterocycles. The van der Waals surface area contributed by atoms with Crippen LogP contribution in [0.2, 0.25) is 5.02 Å². The van der Waals surface area contributed by atoms with E-state index >= 15 is 0 Å². The van der Waals surface area contributed by atoms with Crippen LogP contribution in [0.1, 0.15) is 79.3 Å². The van der Waals surface area contributed by atoms with Crippen molar-refractivity contribution in [2.24, 2.45) is 17.8 Å². The first kappa shape index (κ1) is 32.0. The number of aliphatic hydroxyl groups is 1. The van der Waals surface area contributed by atoms with Crippen LogP contribution in [-0.4, -0.2) is 63.7 Å². The van der Waals surface area contributed by atoms with Gasteiger partial charge in [0.1, 0.15) is 11.0 Å². The molecule has 2 aromatic rings. The minimum Gasteiger partial charge on any atom is -0.490 e. The Morgan fingerprint density at radius 3 is 2.72 bits per heavy atom. The van der Waals surface area contributed by atoms with Crippen molar-refractivity contribution in [1.82, 2.24) is 4.72 Å². The molecule has 10 heteroatoms. The van der Waals surface area contributed by atoms with Crippen molar-refractivity contribution in [3.8, 4) is 5.75 Å². The number of aryl methyl sites for hydroxylation is 1. The van der Waals surface area contributed by atoms with Crippen molar-refractivity contribution in [3.63, 3.8) is 0 Å². The van der Waals surface area contributed by atoms with Gasteiger partial charge < -0.3 is 19.5 Å². The summed E-state index contributed by atoms with van der Waals surface area (Å²) in [5, 5.41) is 11.2. The van der Waals surface area contributed by atoms with Crippen LogP contribution in [-0.2, 0) is 26.6 Å². The molecule has 2 aromatic carbocycles. The smallest absolute Gasteiger partial charge is 0.264 e. The second-order valence-electron chi connectivity index (χ2n) is 14.3. The van der Waals surface area contributed by atoms with E-state index in [1.165, 1.54) is 18.2 Å². The summed E-state index contributed by atoms with van der Waals surface area (Å²) in [6.07, 6.45) is 11.1. The van der Waals surface area contributed by atoms with E-state index < -0.39 is 33.4 Å². The maximum absolute atomic E-state index is 13.9. The third-order valence-electron chi connectivity index (χ3n) is 11.5. The topological polar surface area (TPSA) is 105 Å². The molecule has 2 aliphatic heterocycles. The lowest BCUT2D eigenvalue weighted by atomic mass is 9.68. The van der Waals surface area contributed by atoms with Crippen molar-refractivity contribution < 1.29 is 27.8 Å². The molecule has 2 heterocycles. The Balaban J connectivity index is 1.28. The van der Waals surface area contributed by atoms with E-state index in [9.17, 15) is 18.3 Å². The fourth-order valence-electron chi connectivity index (χ4n) is 8.50. The van der Waals surface area contributed by atoms with Gasteiger partial charge in [-0.3, -0.25) is 4.79 Å². The van der Waals surface area contributed by atoms with Gasteiger partial charge in [-0.05, 0) is 104 Å². The van der Waals surface area contributed by atoms with Crippen LogP contribution in [0.25, 0.3) is 0 Å². The number of methoxy groups -OCH3 is 1. The zero-order chi connectivity index (χ0) is 32.1. The molecule has 2 bridgehead atoms. The van der Waals surface area contributed by atoms with Gasteiger partial charge >= 0.3 is 0 Å². The number of fused-ring (bicyclic) bond motifs is 4. The Labute approximate surface area is 277 Å². The van der Waals surface area contributed by atoms with E-state index in [2.05, 4.69) is 21.8 Å². The van der Waals surface area contributed by atoms with Crippen molar-refractivity contribution in [2.75, 3.05) is 31.7 Å². The van der Waals surface area contributed by atoms with Crippen LogP contribution in [0.5, 0.6) is 5.75 Å². The molecule has 2 unspecified atom stereocenters. The maximum atomic E-state index is 13.9. The van der Waals surface area contributed by atoms with Crippen LogP contribution < -0.4 is 14.4 Å². The molecule has 1 spiro atoms. The summed E-state index contributed by atoms with van der Waals surface area (Å²) in [6, 6.07) is 11.4. The average molecular weight is 669 g/mol. The number of amides is 1. The lowest BCUT2D eigenvalue weighted by molar-refractivity contribution is 0.0450. The van der Waals surface area contributed by atoms with Gasteiger partial charge in [0.15, 0.2) is 0 Å². The molecule has 1 amide bonds. The first-order valence-corrected chi connectivity index (χ1v) is 18.8. The van der Waals surface area contributed by atoms with Gasteiger partial charge in [-0.25, -0.2) is 13.1 Å². The molecule has 0 saturated heterocycles. The van der Waals surface area contributed by atoms with Crippen LogP contribution >= 0.6 is 11.6 Å². The third kappa shape index (κ3) is 6.09. The Kier molecular flexibility index (Phi) is 8.89. The normalized spacial score (nSPS) is 33.3. The number of rotatable bonds is 3. The van der Waals surface area contributed by atoms with Crippen LogP contribution in [0.4, 0.5) is 5.69 Å². The molecule has 3 aliphatic carbocycles. The lowest BCUT2D eigenvalue weighted by Crippen LogP contribution is -2.49. The summed E-state index contributed by atoms with van der Waals surface area (Å²) < 4.78 is 42.5. The second kappa shape index (κ2) is 12.8. The van der Waals surface area contributed by atoms with Crippen molar-refractivity contribution in [2.45, 2.75) is 87.1 Å². The number of sulfonamides is 1. The number of halogens is 1. The maximum Gasteiger partial charge on any atom is 0.264 e. The number of nitrogens with zero attached hydrogens (tertiary/aromatic N) is 1. The van der Waals surface area contributed by atoms with Gasteiger partial charge in [0.25, 0.3) is 5.91 Å². The molecule has 8 nitrogen and oxygen atoms in total. The SMILES string of the molecule is CO[C@@H]1C/C=C/[C@H](O)C2CCC2CN2C[C@@]3(CCCc4cc(Cl)ccc43)COc3ccc(cc32)C(=O)NS(=O)(=O)[C@H]1CC1CCC1. The number of aliphatic hydroxyl groups excluding tert-OH is 1. The Morgan fingerprint density at radius 1 is 1.13 bits per heavy atom. The van der Waals surface area contributed by atoms with Gasteiger partial charge in [-0.1, -0.05) is 49.1 Å². The standard InChI is InChI=1S/C36H45ClN2O6S/c1-44-33-9-3-8-31(40)28-13-10-26(28)20-39-21-36(16-4-7-24-18-27(37)12-14-29(24)36)22-45-32-15-11-25(19-30(32)39)35(41)38-46(42,43)34(33)17-23-5-2-6-23/h3,8,11-12,14-15,18-19,23,26,28,31,33-34,40H,2,4-7,9-10,13,16-17,20-22H2,1H3,(H,38,41)/b8-3+/t26?,28?,31-,33+,34-,36-/m0/s1. The monoisotopic (exact) mass is 668 g/mol. The number of ether oxygens (including phenoxy) is 2. The largest absolute Gasteiger partial charge is 0.490 e. The first-order valence-electron chi connectivity index (χ1n) is 16.9. The molecule has 46 heavy (non-hydrogen) atoms. The van der Waals surface area contributed by atoms with Crippen molar-refractivity contribution >= 4 is 33.2 Å². The summed E-state index contributed by atoms with van der Waals surface area (Å²) >= 11 is 6.41. The molecule has 7 rings (SSSR count). The quantitative estimate of drug-likeness (QED) is 0.399. The number of hydrogen-bond donors (Lipinski definition) is 2. The summed E-state index contributed by atoms with van der Waals surface area (Å²) in [5.74, 6) is 0.666. The number of nitrogens with one attached hydrogen (secondary N) is 1. The summed E-state index contributed by atoms with van der Waals surface area (Å²) in [7, 11) is -2.56. The van der Waals surface area contributed by atoms with E-state index in [1.54, 1.807) is 18.2 Å². The average Bonchev–Trinajstić information content (AvgIpc) is 3.13. The lowest BCUT2D eigenvalue weighted by Gasteiger charge is -2.45. The molecule has 0 radical (unpaired) electrons. The fourth-order valence-corrected chi connectivity index (χ4v) is 10.4. The van der Waals surface area contributed by atoms with E-state index in [-0.39, 0.29) is 28.7 Å². The minimum atomic E-state index is -4.08. The zero-order valence-corrected chi connectivity index (χ0v) is 28.1. The van der Waals surface area contributed by atoms with E-state index in [0.29, 0.717) is 38.3 Å². The molecular formula is C36H45ClN2O6S. The highest BCUT2D eigenvalue weighted by Gasteiger charge is 2.45. The molecular weight excluding hydrogens is 624 g/mol. The molecule has 6 atom stereocenters. The predicted octanol–water partition coefficient (Wildman–Crippen LogP) is 5.79. The van der Waals surface area contributed by atoms with Gasteiger partial charge in [-0.2, -0.15) is 0 Å². The van der Waals surface area contributed by atoms with Crippen LogP contribution in [0.3, 0.4) is 0 Å². The molecule has 248 valence electrons. The van der Waals surface area contributed by atoms with Crippen molar-refractivity contribution in [3.05, 3.63) is 70.3 Å².